The summed E-state index contributed by atoms with van der Waals surface area (Å²) < 4.78 is 4.94. The summed E-state index contributed by atoms with van der Waals surface area (Å²) in [7, 11) is 0. The average molecular weight is 251 g/mol. The Morgan fingerprint density at radius 1 is 1.33 bits per heavy atom. The van der Waals surface area contributed by atoms with Crippen molar-refractivity contribution >= 4 is 5.91 Å². The molecule has 0 atom stereocenters. The zero-order valence-corrected chi connectivity index (χ0v) is 10.7. The second kappa shape index (κ2) is 7.16. The minimum atomic E-state index is 0.0708. The fourth-order valence-electron chi connectivity index (χ4n) is 2.33. The summed E-state index contributed by atoms with van der Waals surface area (Å²) in [5.41, 5.74) is 0. The molecular formula is C13H21N3O2. The lowest BCUT2D eigenvalue weighted by Crippen LogP contribution is -2.40. The molecule has 0 aliphatic heterocycles. The predicted octanol–water partition coefficient (Wildman–Crippen LogP) is 1.60. The van der Waals surface area contributed by atoms with Gasteiger partial charge in [0.25, 0.3) is 0 Å². The molecule has 1 saturated carbocycles. The molecule has 0 aromatic carbocycles. The van der Waals surface area contributed by atoms with Crippen LogP contribution in [0.15, 0.2) is 16.8 Å². The molecule has 0 saturated heterocycles. The van der Waals surface area contributed by atoms with E-state index in [1.165, 1.54) is 25.7 Å². The summed E-state index contributed by atoms with van der Waals surface area (Å²) in [5, 5.41) is 9.75. The molecule has 1 aliphatic rings. The molecule has 0 radical (unpaired) electrons. The van der Waals surface area contributed by atoms with Crippen LogP contribution >= 0.6 is 0 Å². The highest BCUT2D eigenvalue weighted by Crippen LogP contribution is 2.16. The summed E-state index contributed by atoms with van der Waals surface area (Å²) in [6.07, 6.45) is 8.91. The number of carbonyl (C=O) groups excluding carboxylic acids is 1. The van der Waals surface area contributed by atoms with E-state index < -0.39 is 0 Å². The van der Waals surface area contributed by atoms with Gasteiger partial charge < -0.3 is 15.2 Å². The third-order valence-corrected chi connectivity index (χ3v) is 3.30. The largest absolute Gasteiger partial charge is 0.360 e. The van der Waals surface area contributed by atoms with E-state index in [0.717, 1.165) is 18.6 Å². The molecule has 2 rings (SSSR count). The monoisotopic (exact) mass is 251 g/mol. The van der Waals surface area contributed by atoms with Gasteiger partial charge in [-0.15, -0.1) is 0 Å². The Kier molecular flexibility index (Phi) is 5.20. The molecule has 1 heterocycles. The van der Waals surface area contributed by atoms with Gasteiger partial charge in [0.15, 0.2) is 0 Å². The molecule has 1 fully saturated rings. The van der Waals surface area contributed by atoms with Gasteiger partial charge in [-0.1, -0.05) is 30.8 Å². The molecule has 1 amide bonds. The fraction of sp³-hybridized carbons (Fsp3) is 0.692. The average Bonchev–Trinajstić information content (AvgIpc) is 2.74. The van der Waals surface area contributed by atoms with Crippen LogP contribution in [0.1, 0.15) is 44.3 Å². The van der Waals surface area contributed by atoms with Crippen molar-refractivity contribution in [2.75, 3.05) is 6.54 Å². The SMILES string of the molecule is O=C(CNCc1ccno1)NC1CCCCCC1. The summed E-state index contributed by atoms with van der Waals surface area (Å²) in [6, 6.07) is 2.16. The Labute approximate surface area is 107 Å². The maximum absolute atomic E-state index is 11.7. The van der Waals surface area contributed by atoms with Crippen molar-refractivity contribution in [1.29, 1.82) is 0 Å². The Hall–Kier alpha value is -1.36. The first-order chi connectivity index (χ1) is 8.84. The van der Waals surface area contributed by atoms with Crippen LogP contribution in [-0.4, -0.2) is 23.7 Å². The minimum absolute atomic E-state index is 0.0708. The number of nitrogens with one attached hydrogen (secondary N) is 2. The Morgan fingerprint density at radius 3 is 2.78 bits per heavy atom. The first-order valence-electron chi connectivity index (χ1n) is 6.74. The zero-order valence-electron chi connectivity index (χ0n) is 10.7. The normalized spacial score (nSPS) is 17.3. The van der Waals surface area contributed by atoms with Crippen LogP contribution in [-0.2, 0) is 11.3 Å². The van der Waals surface area contributed by atoms with Crippen molar-refractivity contribution in [1.82, 2.24) is 15.8 Å². The van der Waals surface area contributed by atoms with Gasteiger partial charge in [-0.3, -0.25) is 4.79 Å². The number of aromatic nitrogens is 1. The van der Waals surface area contributed by atoms with E-state index >= 15 is 0 Å². The highest BCUT2D eigenvalue weighted by atomic mass is 16.5. The van der Waals surface area contributed by atoms with Gasteiger partial charge in [0.2, 0.25) is 5.91 Å². The maximum atomic E-state index is 11.7. The lowest BCUT2D eigenvalue weighted by Gasteiger charge is -2.16. The Bertz CT molecular complexity index is 343. The van der Waals surface area contributed by atoms with E-state index in [0.29, 0.717) is 19.1 Å². The van der Waals surface area contributed by atoms with Crippen molar-refractivity contribution in [2.45, 2.75) is 51.1 Å². The molecule has 0 bridgehead atoms. The first kappa shape index (κ1) is 13.1. The zero-order chi connectivity index (χ0) is 12.6. The number of nitrogens with zero attached hydrogens (tertiary/aromatic N) is 1. The van der Waals surface area contributed by atoms with Gasteiger partial charge in [-0.25, -0.2) is 0 Å². The van der Waals surface area contributed by atoms with Crippen molar-refractivity contribution < 1.29 is 9.32 Å². The van der Waals surface area contributed by atoms with Crippen molar-refractivity contribution in [3.05, 3.63) is 18.0 Å². The molecule has 0 unspecified atom stereocenters. The van der Waals surface area contributed by atoms with Crippen LogP contribution in [0.4, 0.5) is 0 Å². The van der Waals surface area contributed by atoms with E-state index in [2.05, 4.69) is 15.8 Å². The number of hydrogen-bond acceptors (Lipinski definition) is 4. The summed E-state index contributed by atoms with van der Waals surface area (Å²) in [6.45, 7) is 0.870. The van der Waals surface area contributed by atoms with E-state index in [4.69, 9.17) is 4.52 Å². The highest BCUT2D eigenvalue weighted by Gasteiger charge is 2.14. The molecule has 2 N–H and O–H groups in total. The summed E-state index contributed by atoms with van der Waals surface area (Å²) in [4.78, 5) is 11.7. The van der Waals surface area contributed by atoms with Crippen LogP contribution < -0.4 is 10.6 Å². The van der Waals surface area contributed by atoms with E-state index in [9.17, 15) is 4.79 Å². The highest BCUT2D eigenvalue weighted by molar-refractivity contribution is 5.78. The molecule has 5 nitrogen and oxygen atoms in total. The fourth-order valence-corrected chi connectivity index (χ4v) is 2.33. The molecule has 1 aromatic heterocycles. The molecule has 0 spiro atoms. The molecule has 18 heavy (non-hydrogen) atoms. The summed E-state index contributed by atoms with van der Waals surface area (Å²) >= 11 is 0. The Balaban J connectivity index is 1.62. The number of amides is 1. The second-order valence-corrected chi connectivity index (χ2v) is 4.84. The predicted molar refractivity (Wildman–Crippen MR) is 67.8 cm³/mol. The Morgan fingerprint density at radius 2 is 2.11 bits per heavy atom. The van der Waals surface area contributed by atoms with Crippen LogP contribution in [0.3, 0.4) is 0 Å². The minimum Gasteiger partial charge on any atom is -0.360 e. The van der Waals surface area contributed by atoms with Crippen molar-refractivity contribution in [3.8, 4) is 0 Å². The van der Waals surface area contributed by atoms with Gasteiger partial charge in [-0.05, 0) is 12.8 Å². The summed E-state index contributed by atoms with van der Waals surface area (Å²) in [5.74, 6) is 0.818. The lowest BCUT2D eigenvalue weighted by molar-refractivity contribution is -0.121. The maximum Gasteiger partial charge on any atom is 0.234 e. The quantitative estimate of drug-likeness (QED) is 0.780. The number of carbonyl (C=O) groups is 1. The smallest absolute Gasteiger partial charge is 0.234 e. The van der Waals surface area contributed by atoms with Crippen LogP contribution in [0.5, 0.6) is 0 Å². The topological polar surface area (TPSA) is 67.2 Å². The van der Waals surface area contributed by atoms with Crippen LogP contribution in [0, 0.1) is 0 Å². The van der Waals surface area contributed by atoms with Crippen molar-refractivity contribution in [3.63, 3.8) is 0 Å². The molecule has 5 heteroatoms. The van der Waals surface area contributed by atoms with Gasteiger partial charge in [0, 0.05) is 12.1 Å². The molecule has 1 aromatic rings. The molecule has 1 aliphatic carbocycles. The van der Waals surface area contributed by atoms with Crippen LogP contribution in [0.2, 0.25) is 0 Å². The van der Waals surface area contributed by atoms with E-state index in [-0.39, 0.29) is 5.91 Å². The van der Waals surface area contributed by atoms with Crippen molar-refractivity contribution in [2.24, 2.45) is 0 Å². The third kappa shape index (κ3) is 4.49. The second-order valence-electron chi connectivity index (χ2n) is 4.84. The van der Waals surface area contributed by atoms with Gasteiger partial charge in [0.05, 0.1) is 19.3 Å². The number of hydrogen-bond donors (Lipinski definition) is 2. The first-order valence-corrected chi connectivity index (χ1v) is 6.74. The van der Waals surface area contributed by atoms with Crippen LogP contribution in [0.25, 0.3) is 0 Å². The third-order valence-electron chi connectivity index (χ3n) is 3.30. The van der Waals surface area contributed by atoms with E-state index in [1.54, 1.807) is 12.3 Å². The lowest BCUT2D eigenvalue weighted by atomic mass is 10.1. The van der Waals surface area contributed by atoms with Gasteiger partial charge >= 0.3 is 0 Å². The number of rotatable bonds is 5. The van der Waals surface area contributed by atoms with Gasteiger partial charge in [-0.2, -0.15) is 0 Å². The van der Waals surface area contributed by atoms with E-state index in [1.807, 2.05) is 0 Å². The standard InChI is InChI=1S/C13H21N3O2/c17-13(10-14-9-12-7-8-15-18-12)16-11-5-3-1-2-4-6-11/h7-8,11,14H,1-6,9-10H2,(H,16,17). The van der Waals surface area contributed by atoms with Gasteiger partial charge in [0.1, 0.15) is 5.76 Å². The molecular weight excluding hydrogens is 230 g/mol. The molecule has 100 valence electrons.